The lowest BCUT2D eigenvalue weighted by Gasteiger charge is -2.46. The molecular formula is C36H45ClN4O6S. The van der Waals surface area contributed by atoms with Gasteiger partial charge in [-0.15, -0.1) is 4.36 Å². The van der Waals surface area contributed by atoms with Crippen molar-refractivity contribution in [2.24, 2.45) is 16.2 Å². The number of halogens is 1. The van der Waals surface area contributed by atoms with Gasteiger partial charge in [-0.2, -0.15) is 0 Å². The Balaban J connectivity index is 1.36. The first-order valence-corrected chi connectivity index (χ1v) is 18.9. The minimum absolute atomic E-state index is 0.0975. The summed E-state index contributed by atoms with van der Waals surface area (Å²) < 4.78 is 40.4. The number of rotatable bonds is 2. The van der Waals surface area contributed by atoms with Crippen LogP contribution in [0.15, 0.2) is 57.8 Å². The third-order valence-electron chi connectivity index (χ3n) is 10.9. The molecule has 7 rings (SSSR count). The van der Waals surface area contributed by atoms with Crippen molar-refractivity contribution in [3.8, 4) is 5.75 Å². The van der Waals surface area contributed by atoms with Gasteiger partial charge >= 0.3 is 6.03 Å². The highest BCUT2D eigenvalue weighted by molar-refractivity contribution is 7.92. The molecule has 0 unspecified atom stereocenters. The van der Waals surface area contributed by atoms with Gasteiger partial charge in [0.25, 0.3) is 5.91 Å². The van der Waals surface area contributed by atoms with Crippen LogP contribution in [0.4, 0.5) is 10.5 Å². The predicted molar refractivity (Wildman–Crippen MR) is 185 cm³/mol. The van der Waals surface area contributed by atoms with Crippen LogP contribution in [0, 0.1) is 11.8 Å². The summed E-state index contributed by atoms with van der Waals surface area (Å²) in [6.45, 7) is 6.38. The number of carbonyl (C=O) groups excluding carboxylic acids is 2. The van der Waals surface area contributed by atoms with Crippen LogP contribution in [0.25, 0.3) is 0 Å². The van der Waals surface area contributed by atoms with Crippen molar-refractivity contribution < 1.29 is 28.0 Å². The SMILES string of the molecule is CO[C@H]1C=CCOC(C)(C)C(=O)N=[S@](=O)(NC(=O)N2CCC2)c2ccc3c(c2)N(C[C@@H]2CC[C@H]21)C[C@@]1(CCCc2cc(Cl)ccc21)CO3. The second-order valence-electron chi connectivity index (χ2n) is 14.4. The topological polar surface area (TPSA) is 110 Å². The second-order valence-corrected chi connectivity index (χ2v) is 16.7. The first-order valence-electron chi connectivity index (χ1n) is 17.0. The Bertz CT molecular complexity index is 1750. The fourth-order valence-electron chi connectivity index (χ4n) is 7.77. The highest BCUT2D eigenvalue weighted by atomic mass is 35.5. The van der Waals surface area contributed by atoms with Gasteiger partial charge in [-0.1, -0.05) is 29.8 Å². The van der Waals surface area contributed by atoms with E-state index in [-0.39, 0.29) is 23.0 Å². The van der Waals surface area contributed by atoms with E-state index in [4.69, 9.17) is 25.8 Å². The summed E-state index contributed by atoms with van der Waals surface area (Å²) in [5, 5.41) is 0.733. The molecule has 1 spiro atoms. The Morgan fingerprint density at radius 1 is 1.15 bits per heavy atom. The van der Waals surface area contributed by atoms with E-state index in [1.807, 2.05) is 18.2 Å². The smallest absolute Gasteiger partial charge is 0.330 e. The molecule has 0 aromatic heterocycles. The van der Waals surface area contributed by atoms with Gasteiger partial charge in [-0.3, -0.25) is 4.79 Å². The normalized spacial score (nSPS) is 31.2. The standard InChI is InChI=1S/C36H45ClN4O6S/c1-35(2)33(42)38-48(44,39-34(43)40-16-6-17-40)27-11-14-32-30(20-27)41(21-25-9-12-28(25)31(45-3)8-5-18-47-35)22-36(23-46-32)15-4-7-24-19-26(37)10-13-29(24)36/h5,8,10-11,13-14,19-20,25,28,31H,4,6-7,9,12,15-18,21-23H2,1-3H3,(H,38,39,42,43,44)/t25-,28+,31-,36-,48-/m0/s1. The number of nitrogens with one attached hydrogen (secondary N) is 1. The molecule has 2 bridgehead atoms. The van der Waals surface area contributed by atoms with Gasteiger partial charge in [-0.05, 0) is 106 Å². The maximum atomic E-state index is 14.9. The number of aryl methyl sites for hydroxylation is 1. The summed E-state index contributed by atoms with van der Waals surface area (Å²) >= 11 is 6.46. The summed E-state index contributed by atoms with van der Waals surface area (Å²) in [5.74, 6) is 0.584. The largest absolute Gasteiger partial charge is 0.490 e. The number of urea groups is 1. The molecular weight excluding hydrogens is 652 g/mol. The van der Waals surface area contributed by atoms with Crippen molar-refractivity contribution in [1.29, 1.82) is 0 Å². The molecule has 5 atom stereocenters. The highest BCUT2D eigenvalue weighted by Gasteiger charge is 2.45. The Morgan fingerprint density at radius 3 is 2.71 bits per heavy atom. The van der Waals surface area contributed by atoms with E-state index in [0.717, 1.165) is 55.8 Å². The third-order valence-corrected chi connectivity index (χ3v) is 12.9. The molecule has 1 N–H and O–H groups in total. The van der Waals surface area contributed by atoms with Gasteiger partial charge in [-0.25, -0.2) is 13.7 Å². The van der Waals surface area contributed by atoms with Gasteiger partial charge in [0.1, 0.15) is 11.4 Å². The molecule has 1 saturated heterocycles. The van der Waals surface area contributed by atoms with Crippen LogP contribution in [0.3, 0.4) is 0 Å². The molecule has 2 fully saturated rings. The average molecular weight is 697 g/mol. The van der Waals surface area contributed by atoms with E-state index in [2.05, 4.69) is 26.1 Å². The van der Waals surface area contributed by atoms with Crippen LogP contribution < -0.4 is 14.4 Å². The maximum Gasteiger partial charge on any atom is 0.330 e. The fourth-order valence-corrected chi connectivity index (χ4v) is 9.58. The van der Waals surface area contributed by atoms with Crippen LogP contribution in [-0.2, 0) is 36.0 Å². The molecule has 3 aliphatic heterocycles. The number of anilines is 1. The zero-order chi connectivity index (χ0) is 33.7. The minimum Gasteiger partial charge on any atom is -0.490 e. The van der Waals surface area contributed by atoms with Crippen LogP contribution in [0.5, 0.6) is 5.75 Å². The summed E-state index contributed by atoms with van der Waals surface area (Å²) in [6, 6.07) is 11.0. The first kappa shape index (κ1) is 33.4. The van der Waals surface area contributed by atoms with Gasteiger partial charge in [0, 0.05) is 43.7 Å². The zero-order valence-corrected chi connectivity index (χ0v) is 29.5. The molecule has 10 nitrogen and oxygen atoms in total. The lowest BCUT2D eigenvalue weighted by atomic mass is 9.68. The molecule has 1 saturated carbocycles. The van der Waals surface area contributed by atoms with Crippen molar-refractivity contribution in [3.63, 3.8) is 0 Å². The number of hydrogen-bond donors (Lipinski definition) is 1. The highest BCUT2D eigenvalue weighted by Crippen LogP contribution is 2.47. The van der Waals surface area contributed by atoms with Gasteiger partial charge in [0.05, 0.1) is 29.9 Å². The van der Waals surface area contributed by atoms with Crippen LogP contribution in [-0.4, -0.2) is 79.3 Å². The lowest BCUT2D eigenvalue weighted by Crippen LogP contribution is -2.50. The van der Waals surface area contributed by atoms with Crippen molar-refractivity contribution in [3.05, 3.63) is 64.7 Å². The van der Waals surface area contributed by atoms with Gasteiger partial charge in [0.15, 0.2) is 9.92 Å². The molecule has 2 aromatic carbocycles. The molecule has 3 heterocycles. The van der Waals surface area contributed by atoms with Gasteiger partial charge in [0.2, 0.25) is 0 Å². The summed E-state index contributed by atoms with van der Waals surface area (Å²) in [4.78, 5) is 31.1. The van der Waals surface area contributed by atoms with E-state index < -0.39 is 27.5 Å². The number of fused-ring (bicyclic) bond motifs is 4. The van der Waals surface area contributed by atoms with Crippen molar-refractivity contribution in [2.75, 3.05) is 51.4 Å². The number of nitrogens with zero attached hydrogens (tertiary/aromatic N) is 3. The van der Waals surface area contributed by atoms with E-state index >= 15 is 0 Å². The lowest BCUT2D eigenvalue weighted by molar-refractivity contribution is -0.137. The van der Waals surface area contributed by atoms with Crippen LogP contribution in [0.1, 0.15) is 57.1 Å². The molecule has 48 heavy (non-hydrogen) atoms. The van der Waals surface area contributed by atoms with Crippen LogP contribution >= 0.6 is 11.6 Å². The zero-order valence-electron chi connectivity index (χ0n) is 27.9. The molecule has 258 valence electrons. The third kappa shape index (κ3) is 6.23. The van der Waals surface area contributed by atoms with Crippen molar-refractivity contribution in [2.45, 2.75) is 74.4 Å². The van der Waals surface area contributed by atoms with Crippen LogP contribution in [0.2, 0.25) is 5.02 Å². The minimum atomic E-state index is -3.76. The van der Waals surface area contributed by atoms with E-state index in [9.17, 15) is 13.8 Å². The number of hydrogen-bond acceptors (Lipinski definition) is 7. The molecule has 2 aliphatic carbocycles. The van der Waals surface area contributed by atoms with E-state index in [0.29, 0.717) is 43.8 Å². The van der Waals surface area contributed by atoms with E-state index in [1.54, 1.807) is 44.1 Å². The van der Waals surface area contributed by atoms with Gasteiger partial charge < -0.3 is 24.0 Å². The molecule has 5 aliphatic rings. The second kappa shape index (κ2) is 13.0. The fraction of sp³-hybridized carbons (Fsp3) is 0.556. The van der Waals surface area contributed by atoms with E-state index in [1.165, 1.54) is 11.1 Å². The summed E-state index contributed by atoms with van der Waals surface area (Å²) in [5.41, 5.74) is 1.61. The van der Waals surface area contributed by atoms with Crippen molar-refractivity contribution >= 4 is 39.1 Å². The Morgan fingerprint density at radius 2 is 1.98 bits per heavy atom. The average Bonchev–Trinajstić information content (AvgIpc) is 3.16. The molecule has 3 amide bonds. The maximum absolute atomic E-state index is 14.9. The number of likely N-dealkylation sites (tertiary alicyclic amines) is 1. The Hall–Kier alpha value is -3.12. The summed E-state index contributed by atoms with van der Waals surface area (Å²) in [7, 11) is -2.02. The number of methoxy groups -OCH3 is 1. The monoisotopic (exact) mass is 696 g/mol. The number of ether oxygens (including phenoxy) is 3. The Labute approximate surface area is 288 Å². The quantitative estimate of drug-likeness (QED) is 0.390. The predicted octanol–water partition coefficient (Wildman–Crippen LogP) is 5.90. The van der Waals surface area contributed by atoms with Crippen molar-refractivity contribution in [1.82, 2.24) is 9.62 Å². The Kier molecular flexibility index (Phi) is 9.02. The number of benzene rings is 2. The number of amides is 3. The first-order chi connectivity index (χ1) is 23.0. The molecule has 0 radical (unpaired) electrons. The molecule has 12 heteroatoms. The molecule has 2 aromatic rings. The summed E-state index contributed by atoms with van der Waals surface area (Å²) in [6.07, 6.45) is 9.71. The number of carbonyl (C=O) groups is 2.